The molecular weight excluding hydrogens is 258 g/mol. The highest BCUT2D eigenvalue weighted by atomic mass is 35.5. The summed E-state index contributed by atoms with van der Waals surface area (Å²) in [5.74, 6) is -0.478. The number of hydrogen-bond donors (Lipinski definition) is 0. The van der Waals surface area contributed by atoms with Gasteiger partial charge in [-0.15, -0.1) is 0 Å². The molecule has 0 radical (unpaired) electrons. The van der Waals surface area contributed by atoms with Crippen LogP contribution < -0.4 is 0 Å². The molecule has 6 heteroatoms. The van der Waals surface area contributed by atoms with Gasteiger partial charge in [-0.2, -0.15) is 0 Å². The lowest BCUT2D eigenvalue weighted by molar-refractivity contribution is -0.385. The number of ether oxygens (including phenoxy) is 1. The molecule has 0 unspecified atom stereocenters. The molecule has 1 aromatic carbocycles. The molecule has 0 spiro atoms. The van der Waals surface area contributed by atoms with Gasteiger partial charge < -0.3 is 4.74 Å². The van der Waals surface area contributed by atoms with E-state index >= 15 is 0 Å². The van der Waals surface area contributed by atoms with Crippen LogP contribution in [0.4, 0.5) is 5.69 Å². The number of carbonyl (C=O) groups is 1. The van der Waals surface area contributed by atoms with E-state index in [0.717, 1.165) is 12.8 Å². The normalized spacial score (nSPS) is 10.1. The van der Waals surface area contributed by atoms with E-state index in [1.807, 2.05) is 6.92 Å². The number of nitro benzene ring substituents is 1. The van der Waals surface area contributed by atoms with E-state index in [1.165, 1.54) is 12.1 Å². The third-order valence-corrected chi connectivity index (χ3v) is 2.65. The van der Waals surface area contributed by atoms with Gasteiger partial charge in [0.2, 0.25) is 0 Å². The zero-order chi connectivity index (χ0) is 13.5. The van der Waals surface area contributed by atoms with Crippen molar-refractivity contribution in [2.45, 2.75) is 26.2 Å². The summed E-state index contributed by atoms with van der Waals surface area (Å²) in [5, 5.41) is 10.9. The Bertz CT molecular complexity index is 448. The summed E-state index contributed by atoms with van der Waals surface area (Å²) in [5.41, 5.74) is 0.0422. The minimum absolute atomic E-state index is 0.0267. The van der Waals surface area contributed by atoms with Crippen molar-refractivity contribution in [3.05, 3.63) is 38.9 Å². The van der Waals surface area contributed by atoms with Crippen molar-refractivity contribution >= 4 is 23.3 Å². The van der Waals surface area contributed by atoms with E-state index in [4.69, 9.17) is 16.3 Å². The fourth-order valence-electron chi connectivity index (χ4n) is 1.44. The Morgan fingerprint density at radius 1 is 1.50 bits per heavy atom. The molecule has 0 saturated heterocycles. The average molecular weight is 272 g/mol. The van der Waals surface area contributed by atoms with Crippen molar-refractivity contribution in [3.8, 4) is 0 Å². The first-order valence-corrected chi connectivity index (χ1v) is 6.01. The molecule has 0 saturated carbocycles. The molecule has 0 atom stereocenters. The summed E-state index contributed by atoms with van der Waals surface area (Å²) in [6.07, 6.45) is 1.56. The highest BCUT2D eigenvalue weighted by molar-refractivity contribution is 6.32. The van der Waals surface area contributed by atoms with E-state index < -0.39 is 10.9 Å². The minimum Gasteiger partial charge on any atom is -0.465 e. The first-order valence-electron chi connectivity index (χ1n) is 5.63. The fourth-order valence-corrected chi connectivity index (χ4v) is 1.71. The van der Waals surface area contributed by atoms with Gasteiger partial charge in [0.25, 0.3) is 5.69 Å². The van der Waals surface area contributed by atoms with Gasteiger partial charge in [-0.1, -0.05) is 37.1 Å². The lowest BCUT2D eigenvalue weighted by Gasteiger charge is -2.05. The quantitative estimate of drug-likeness (QED) is 0.345. The molecule has 0 bridgehead atoms. The number of hydrogen-bond acceptors (Lipinski definition) is 4. The number of nitrogens with zero attached hydrogens (tertiary/aromatic N) is 1. The molecule has 0 heterocycles. The molecular formula is C12H14ClNO4. The van der Waals surface area contributed by atoms with Gasteiger partial charge in [0.15, 0.2) is 0 Å². The third kappa shape index (κ3) is 4.00. The van der Waals surface area contributed by atoms with Crippen LogP contribution in [0.5, 0.6) is 0 Å². The van der Waals surface area contributed by atoms with E-state index in [1.54, 1.807) is 6.07 Å². The molecule has 1 aromatic rings. The second-order valence-corrected chi connectivity index (χ2v) is 4.16. The average Bonchev–Trinajstić information content (AvgIpc) is 2.28. The summed E-state index contributed by atoms with van der Waals surface area (Å²) in [7, 11) is 0. The number of para-hydroxylation sites is 1. The first kappa shape index (κ1) is 14.4. The molecule has 0 amide bonds. The SMILES string of the molecule is CCCCOC(=O)Cc1cccc(Cl)c1[N+](=O)[O-]. The Balaban J connectivity index is 2.75. The van der Waals surface area contributed by atoms with Gasteiger partial charge in [-0.3, -0.25) is 14.9 Å². The molecule has 0 aromatic heterocycles. The first-order chi connectivity index (χ1) is 8.56. The highest BCUT2D eigenvalue weighted by Crippen LogP contribution is 2.28. The van der Waals surface area contributed by atoms with Gasteiger partial charge in [0, 0.05) is 5.56 Å². The van der Waals surface area contributed by atoms with Crippen molar-refractivity contribution < 1.29 is 14.5 Å². The largest absolute Gasteiger partial charge is 0.465 e. The van der Waals surface area contributed by atoms with Gasteiger partial charge >= 0.3 is 5.97 Å². The van der Waals surface area contributed by atoms with Crippen LogP contribution in [-0.2, 0) is 16.0 Å². The topological polar surface area (TPSA) is 69.4 Å². The summed E-state index contributed by atoms with van der Waals surface area (Å²) in [4.78, 5) is 21.8. The van der Waals surface area contributed by atoms with E-state index in [9.17, 15) is 14.9 Å². The summed E-state index contributed by atoms with van der Waals surface area (Å²) in [6, 6.07) is 4.50. The van der Waals surface area contributed by atoms with Crippen LogP contribution in [0.2, 0.25) is 5.02 Å². The maximum Gasteiger partial charge on any atom is 0.310 e. The van der Waals surface area contributed by atoms with E-state index in [0.29, 0.717) is 6.61 Å². The molecule has 98 valence electrons. The van der Waals surface area contributed by atoms with Crippen LogP contribution in [-0.4, -0.2) is 17.5 Å². The summed E-state index contributed by atoms with van der Waals surface area (Å²) in [6.45, 7) is 2.32. The Morgan fingerprint density at radius 3 is 2.83 bits per heavy atom. The summed E-state index contributed by atoms with van der Waals surface area (Å²) < 4.78 is 4.96. The van der Waals surface area contributed by atoms with E-state index in [2.05, 4.69) is 0 Å². The predicted molar refractivity (Wildman–Crippen MR) is 67.7 cm³/mol. The molecule has 0 aliphatic heterocycles. The zero-order valence-electron chi connectivity index (χ0n) is 10.0. The van der Waals surface area contributed by atoms with Gasteiger partial charge in [0.05, 0.1) is 18.0 Å². The van der Waals surface area contributed by atoms with Crippen LogP contribution >= 0.6 is 11.6 Å². The molecule has 0 N–H and O–H groups in total. The zero-order valence-corrected chi connectivity index (χ0v) is 10.8. The van der Waals surface area contributed by atoms with Crippen molar-refractivity contribution in [1.29, 1.82) is 0 Å². The number of esters is 1. The summed E-state index contributed by atoms with van der Waals surface area (Å²) >= 11 is 5.74. The van der Waals surface area contributed by atoms with Gasteiger partial charge in [0.1, 0.15) is 5.02 Å². The fraction of sp³-hybridized carbons (Fsp3) is 0.417. The maximum atomic E-state index is 11.5. The number of rotatable bonds is 6. The highest BCUT2D eigenvalue weighted by Gasteiger charge is 2.20. The Labute approximate surface area is 110 Å². The molecule has 5 nitrogen and oxygen atoms in total. The molecule has 0 aliphatic rings. The molecule has 18 heavy (non-hydrogen) atoms. The molecule has 0 aliphatic carbocycles. The Morgan fingerprint density at radius 2 is 2.22 bits per heavy atom. The second-order valence-electron chi connectivity index (χ2n) is 3.76. The van der Waals surface area contributed by atoms with Gasteiger partial charge in [-0.05, 0) is 12.5 Å². The Kier molecular flexibility index (Phi) is 5.58. The lowest BCUT2D eigenvalue weighted by atomic mass is 10.1. The molecule has 1 rings (SSSR count). The predicted octanol–water partition coefficient (Wildman–Crippen LogP) is 3.13. The standard InChI is InChI=1S/C12H14ClNO4/c1-2-3-7-18-11(15)8-9-5-4-6-10(13)12(9)14(16)17/h4-6H,2-3,7-8H2,1H3. The number of halogens is 1. The number of benzene rings is 1. The smallest absolute Gasteiger partial charge is 0.310 e. The monoisotopic (exact) mass is 271 g/mol. The van der Waals surface area contributed by atoms with Crippen molar-refractivity contribution in [2.75, 3.05) is 6.61 Å². The van der Waals surface area contributed by atoms with Crippen LogP contribution in [0.3, 0.4) is 0 Å². The maximum absolute atomic E-state index is 11.5. The van der Waals surface area contributed by atoms with E-state index in [-0.39, 0.29) is 22.7 Å². The van der Waals surface area contributed by atoms with Crippen LogP contribution in [0, 0.1) is 10.1 Å². The lowest BCUT2D eigenvalue weighted by Crippen LogP contribution is -2.10. The van der Waals surface area contributed by atoms with Crippen LogP contribution in [0.25, 0.3) is 0 Å². The minimum atomic E-state index is -0.586. The third-order valence-electron chi connectivity index (χ3n) is 2.35. The molecule has 0 fully saturated rings. The Hall–Kier alpha value is -1.62. The van der Waals surface area contributed by atoms with Crippen molar-refractivity contribution in [3.63, 3.8) is 0 Å². The van der Waals surface area contributed by atoms with Gasteiger partial charge in [-0.25, -0.2) is 0 Å². The van der Waals surface area contributed by atoms with Crippen molar-refractivity contribution in [1.82, 2.24) is 0 Å². The number of nitro groups is 1. The van der Waals surface area contributed by atoms with Crippen LogP contribution in [0.15, 0.2) is 18.2 Å². The number of carbonyl (C=O) groups excluding carboxylic acids is 1. The second kappa shape index (κ2) is 6.96. The number of unbranched alkanes of at least 4 members (excludes halogenated alkanes) is 1. The van der Waals surface area contributed by atoms with Crippen molar-refractivity contribution in [2.24, 2.45) is 0 Å². The van der Waals surface area contributed by atoms with Crippen LogP contribution in [0.1, 0.15) is 25.3 Å².